The smallest absolute Gasteiger partial charge is 0.192 e. The van der Waals surface area contributed by atoms with Crippen LogP contribution in [0.2, 0.25) is 18.1 Å². The number of carbonyl (C=O) groups excluding carboxylic acids is 1. The highest BCUT2D eigenvalue weighted by Gasteiger charge is 2.42. The molecule has 3 atom stereocenters. The molecule has 0 unspecified atom stereocenters. The monoisotopic (exact) mass is 488 g/mol. The van der Waals surface area contributed by atoms with E-state index in [4.69, 9.17) is 4.43 Å². The standard InChI is InChI=1S/C28H36N4O2Si/c1-28(2,3)35(4,5)34-25-17-21(16-20(25)13-15-33)32-14-12-23-26(29-18-30-27(23)32)31-24-11-10-19-8-6-7-9-22(19)24/h6-9,12,14-15,17-18,20,24-25H,10-11,13,16H2,1-5H3,(H,29,30,31)/t20-,24+,25+/m1/s1. The third kappa shape index (κ3) is 4.47. The van der Waals surface area contributed by atoms with Crippen LogP contribution in [0.25, 0.3) is 16.7 Å². The van der Waals surface area contributed by atoms with Crippen LogP contribution in [0.15, 0.2) is 48.9 Å². The summed E-state index contributed by atoms with van der Waals surface area (Å²) in [5.74, 6) is 1.02. The lowest BCUT2D eigenvalue weighted by atomic mass is 10.0. The molecule has 0 aliphatic heterocycles. The molecule has 6 nitrogen and oxygen atoms in total. The second kappa shape index (κ2) is 9.02. The average molecular weight is 489 g/mol. The number of hydrogen-bond donors (Lipinski definition) is 1. The molecule has 2 aromatic heterocycles. The number of allylic oxidation sites excluding steroid dienone is 1. The van der Waals surface area contributed by atoms with Gasteiger partial charge in [-0.1, -0.05) is 45.0 Å². The zero-order chi connectivity index (χ0) is 24.8. The van der Waals surface area contributed by atoms with Crippen LogP contribution in [0, 0.1) is 5.92 Å². The normalized spacial score (nSPS) is 22.3. The fourth-order valence-corrected chi connectivity index (χ4v) is 6.41. The predicted molar refractivity (Wildman–Crippen MR) is 144 cm³/mol. The molecule has 184 valence electrons. The van der Waals surface area contributed by atoms with E-state index >= 15 is 0 Å². The van der Waals surface area contributed by atoms with Crippen molar-refractivity contribution < 1.29 is 9.22 Å². The van der Waals surface area contributed by atoms with Gasteiger partial charge in [0.1, 0.15) is 24.1 Å². The maximum atomic E-state index is 11.5. The molecule has 1 N–H and O–H groups in total. The van der Waals surface area contributed by atoms with Crippen LogP contribution in [0.3, 0.4) is 0 Å². The van der Waals surface area contributed by atoms with Crippen LogP contribution in [-0.4, -0.2) is 35.2 Å². The fourth-order valence-electron chi connectivity index (χ4n) is 5.12. The molecule has 2 aliphatic carbocycles. The summed E-state index contributed by atoms with van der Waals surface area (Å²) in [6.45, 7) is 11.3. The van der Waals surface area contributed by atoms with Crippen LogP contribution < -0.4 is 5.32 Å². The summed E-state index contributed by atoms with van der Waals surface area (Å²) in [7, 11) is -1.97. The molecule has 1 aromatic carbocycles. The molecule has 35 heavy (non-hydrogen) atoms. The number of fused-ring (bicyclic) bond motifs is 2. The molecule has 7 heteroatoms. The Morgan fingerprint density at radius 1 is 1.20 bits per heavy atom. The number of hydrogen-bond acceptors (Lipinski definition) is 5. The minimum absolute atomic E-state index is 0.0528. The molecule has 0 amide bonds. The first kappa shape index (κ1) is 23.9. The first-order valence-electron chi connectivity index (χ1n) is 12.7. The van der Waals surface area contributed by atoms with E-state index < -0.39 is 8.32 Å². The van der Waals surface area contributed by atoms with Gasteiger partial charge in [-0.2, -0.15) is 0 Å². The molecular formula is C28H36N4O2Si. The number of aldehydes is 1. The number of carbonyl (C=O) groups is 1. The first-order chi connectivity index (χ1) is 16.7. The minimum Gasteiger partial charge on any atom is -0.410 e. The van der Waals surface area contributed by atoms with Gasteiger partial charge in [0.15, 0.2) is 8.32 Å². The van der Waals surface area contributed by atoms with Gasteiger partial charge in [0.25, 0.3) is 0 Å². The number of aryl methyl sites for hydroxylation is 1. The van der Waals surface area contributed by atoms with Gasteiger partial charge >= 0.3 is 0 Å². The number of nitrogens with one attached hydrogen (secondary N) is 1. The van der Waals surface area contributed by atoms with E-state index in [-0.39, 0.29) is 23.1 Å². The zero-order valence-corrected chi connectivity index (χ0v) is 22.4. The van der Waals surface area contributed by atoms with Crippen molar-refractivity contribution in [3.63, 3.8) is 0 Å². The van der Waals surface area contributed by atoms with E-state index in [1.807, 2.05) is 0 Å². The summed E-state index contributed by atoms with van der Waals surface area (Å²) < 4.78 is 8.91. The summed E-state index contributed by atoms with van der Waals surface area (Å²) in [6, 6.07) is 11.0. The third-order valence-electron chi connectivity index (χ3n) is 8.16. The number of aromatic nitrogens is 3. The zero-order valence-electron chi connectivity index (χ0n) is 21.4. The number of rotatable bonds is 7. The Labute approximate surface area is 208 Å². The second-order valence-electron chi connectivity index (χ2n) is 11.4. The quantitative estimate of drug-likeness (QED) is 0.309. The van der Waals surface area contributed by atoms with Crippen molar-refractivity contribution in [2.24, 2.45) is 5.92 Å². The van der Waals surface area contributed by atoms with Crippen LogP contribution in [-0.2, 0) is 15.6 Å². The van der Waals surface area contributed by atoms with Gasteiger partial charge in [-0.05, 0) is 66.6 Å². The van der Waals surface area contributed by atoms with E-state index in [9.17, 15) is 4.79 Å². The van der Waals surface area contributed by atoms with E-state index in [1.54, 1.807) is 6.33 Å². The second-order valence-corrected chi connectivity index (χ2v) is 16.2. The Morgan fingerprint density at radius 3 is 2.77 bits per heavy atom. The molecule has 0 fully saturated rings. The van der Waals surface area contributed by atoms with Crippen molar-refractivity contribution in [2.75, 3.05) is 5.32 Å². The Bertz CT molecular complexity index is 1270. The molecule has 0 saturated carbocycles. The van der Waals surface area contributed by atoms with Gasteiger partial charge in [0.05, 0.1) is 17.5 Å². The maximum Gasteiger partial charge on any atom is 0.192 e. The summed E-state index contributed by atoms with van der Waals surface area (Å²) >= 11 is 0. The number of nitrogens with zero attached hydrogens (tertiary/aromatic N) is 3. The SMILES string of the molecule is CC(C)(C)[Si](C)(C)O[C@H]1C=C(n2ccc3c(N[C@H]4CCc5ccccc54)ncnc32)C[C@H]1CC=O. The number of benzene rings is 1. The topological polar surface area (TPSA) is 69.0 Å². The van der Waals surface area contributed by atoms with Crippen LogP contribution in [0.1, 0.15) is 57.2 Å². The molecule has 0 bridgehead atoms. The summed E-state index contributed by atoms with van der Waals surface area (Å²) in [5.41, 5.74) is 4.81. The van der Waals surface area contributed by atoms with Crippen molar-refractivity contribution in [3.05, 3.63) is 60.1 Å². The van der Waals surface area contributed by atoms with Crippen LogP contribution in [0.5, 0.6) is 0 Å². The fraction of sp³-hybridized carbons (Fsp3) is 0.464. The van der Waals surface area contributed by atoms with Gasteiger partial charge in [-0.15, -0.1) is 0 Å². The maximum absolute atomic E-state index is 11.5. The van der Waals surface area contributed by atoms with Crippen molar-refractivity contribution in [3.8, 4) is 0 Å². The van der Waals surface area contributed by atoms with E-state index in [1.165, 1.54) is 11.1 Å². The molecule has 3 aromatic rings. The molecule has 0 radical (unpaired) electrons. The van der Waals surface area contributed by atoms with Crippen molar-refractivity contribution in [1.82, 2.24) is 14.5 Å². The first-order valence-corrected chi connectivity index (χ1v) is 15.6. The summed E-state index contributed by atoms with van der Waals surface area (Å²) in [6.07, 6.45) is 10.4. The van der Waals surface area contributed by atoms with Gasteiger partial charge in [0.2, 0.25) is 0 Å². The Morgan fingerprint density at radius 2 is 2.00 bits per heavy atom. The lowest BCUT2D eigenvalue weighted by Crippen LogP contribution is -2.44. The van der Waals surface area contributed by atoms with Crippen LogP contribution in [0.4, 0.5) is 5.82 Å². The van der Waals surface area contributed by atoms with Gasteiger partial charge in [-0.3, -0.25) is 0 Å². The lowest BCUT2D eigenvalue weighted by molar-refractivity contribution is -0.109. The highest BCUT2D eigenvalue weighted by Crippen LogP contribution is 2.42. The highest BCUT2D eigenvalue weighted by molar-refractivity contribution is 6.74. The van der Waals surface area contributed by atoms with Crippen molar-refractivity contribution in [1.29, 1.82) is 0 Å². The van der Waals surface area contributed by atoms with Gasteiger partial charge in [-0.25, -0.2) is 9.97 Å². The number of anilines is 1. The van der Waals surface area contributed by atoms with E-state index in [0.29, 0.717) is 6.42 Å². The Kier molecular flexibility index (Phi) is 6.17. The van der Waals surface area contributed by atoms with E-state index in [0.717, 1.165) is 48.1 Å². The molecule has 0 spiro atoms. The molecule has 2 aliphatic rings. The highest BCUT2D eigenvalue weighted by atomic mass is 28.4. The largest absolute Gasteiger partial charge is 0.410 e. The molecule has 5 rings (SSSR count). The Hall–Kier alpha value is -2.77. The molecule has 0 saturated heterocycles. The van der Waals surface area contributed by atoms with Gasteiger partial charge in [0, 0.05) is 18.3 Å². The summed E-state index contributed by atoms with van der Waals surface area (Å²) in [5, 5.41) is 4.81. The summed E-state index contributed by atoms with van der Waals surface area (Å²) in [4.78, 5) is 20.7. The third-order valence-corrected chi connectivity index (χ3v) is 12.6. The van der Waals surface area contributed by atoms with E-state index in [2.05, 4.69) is 96.3 Å². The van der Waals surface area contributed by atoms with Crippen molar-refractivity contribution in [2.45, 2.75) is 76.7 Å². The molecular weight excluding hydrogens is 452 g/mol. The minimum atomic E-state index is -1.97. The van der Waals surface area contributed by atoms with Crippen LogP contribution >= 0.6 is 0 Å². The lowest BCUT2D eigenvalue weighted by Gasteiger charge is -2.39. The molecule has 2 heterocycles. The predicted octanol–water partition coefficient (Wildman–Crippen LogP) is 6.37. The Balaban J connectivity index is 1.44. The average Bonchev–Trinajstić information content (AvgIpc) is 3.51. The van der Waals surface area contributed by atoms with Gasteiger partial charge < -0.3 is 19.1 Å². The van der Waals surface area contributed by atoms with Crippen molar-refractivity contribution >= 4 is 37.2 Å².